The van der Waals surface area contributed by atoms with Crippen LogP contribution in [0, 0.1) is 0 Å². The molecule has 0 N–H and O–H groups in total. The van der Waals surface area contributed by atoms with E-state index in [1.165, 1.54) is 6.92 Å². The average molecular weight is 447 g/mol. The van der Waals surface area contributed by atoms with Gasteiger partial charge in [0.1, 0.15) is 6.61 Å². The van der Waals surface area contributed by atoms with Crippen molar-refractivity contribution >= 4 is 57.5 Å². The van der Waals surface area contributed by atoms with Crippen molar-refractivity contribution in [3.8, 4) is 0 Å². The molecule has 3 aromatic rings. The van der Waals surface area contributed by atoms with Crippen LogP contribution in [0.15, 0.2) is 36.4 Å². The van der Waals surface area contributed by atoms with Gasteiger partial charge < -0.3 is 19.1 Å². The molecule has 0 amide bonds. The Morgan fingerprint density at radius 3 is 2.67 bits per heavy atom. The van der Waals surface area contributed by atoms with Gasteiger partial charge in [-0.05, 0) is 44.2 Å². The first kappa shape index (κ1) is 20.8. The summed E-state index contributed by atoms with van der Waals surface area (Å²) in [7, 11) is 0. The fourth-order valence-electron chi connectivity index (χ4n) is 4.11. The summed E-state index contributed by atoms with van der Waals surface area (Å²) in [5, 5.41) is 1.09. The summed E-state index contributed by atoms with van der Waals surface area (Å²) < 4.78 is 7.57. The Hall–Kier alpha value is -2.44. The molecule has 0 saturated heterocycles. The van der Waals surface area contributed by atoms with Crippen molar-refractivity contribution in [2.24, 2.45) is 0 Å². The molecule has 1 unspecified atom stereocenters. The maximum absolute atomic E-state index is 11.5. The molecule has 1 aromatic heterocycles. The van der Waals surface area contributed by atoms with E-state index >= 15 is 0 Å². The number of imidazole rings is 1. The number of benzene rings is 2. The van der Waals surface area contributed by atoms with Gasteiger partial charge in [-0.2, -0.15) is 0 Å². The lowest BCUT2D eigenvalue weighted by Gasteiger charge is -2.25. The Kier molecular flexibility index (Phi) is 5.80. The van der Waals surface area contributed by atoms with E-state index in [1.807, 2.05) is 23.1 Å². The second-order valence-electron chi connectivity index (χ2n) is 7.26. The first-order chi connectivity index (χ1) is 14.4. The number of hydrogen-bond acceptors (Lipinski definition) is 5. The number of esters is 1. The number of fused-ring (bicyclic) bond motifs is 3. The van der Waals surface area contributed by atoms with Crippen LogP contribution < -0.4 is 9.80 Å². The third kappa shape index (κ3) is 3.59. The first-order valence-corrected chi connectivity index (χ1v) is 10.8. The zero-order chi connectivity index (χ0) is 21.4. The Bertz CT molecular complexity index is 1090. The zero-order valence-corrected chi connectivity index (χ0v) is 18.7. The predicted octanol–water partition coefficient (Wildman–Crippen LogP) is 5.27. The fraction of sp³-hybridized carbons (Fsp3) is 0.364. The standard InChI is InChI=1S/C22H24Cl2N4O2/c1-4-26(5-2)20-8-6-7-18-21(20)27-12-16(13-30-14(3)29)28(22(27)25-18)19-10-9-15(23)11-17(19)24/h6-11,16H,4-5,12-13H2,1-3H3. The van der Waals surface area contributed by atoms with Crippen LogP contribution >= 0.6 is 23.2 Å². The number of ether oxygens (including phenoxy) is 1. The van der Waals surface area contributed by atoms with Gasteiger partial charge in [-0.25, -0.2) is 4.98 Å². The van der Waals surface area contributed by atoms with Crippen LogP contribution in [0.1, 0.15) is 20.8 Å². The van der Waals surface area contributed by atoms with E-state index in [4.69, 9.17) is 32.9 Å². The molecule has 0 saturated carbocycles. The Balaban J connectivity index is 1.87. The maximum atomic E-state index is 11.5. The van der Waals surface area contributed by atoms with E-state index in [1.54, 1.807) is 12.1 Å². The second-order valence-corrected chi connectivity index (χ2v) is 8.11. The van der Waals surface area contributed by atoms with E-state index < -0.39 is 0 Å². The molecule has 4 rings (SSSR count). The number of hydrogen-bond donors (Lipinski definition) is 0. The van der Waals surface area contributed by atoms with Crippen LogP contribution in [0.5, 0.6) is 0 Å². The molecule has 2 aromatic carbocycles. The molecule has 30 heavy (non-hydrogen) atoms. The van der Waals surface area contributed by atoms with Gasteiger partial charge in [0.15, 0.2) is 0 Å². The molecular formula is C22H24Cl2N4O2. The molecule has 2 heterocycles. The minimum absolute atomic E-state index is 0.121. The van der Waals surface area contributed by atoms with Gasteiger partial charge in [-0.1, -0.05) is 29.3 Å². The smallest absolute Gasteiger partial charge is 0.302 e. The van der Waals surface area contributed by atoms with Gasteiger partial charge in [0.05, 0.1) is 40.0 Å². The summed E-state index contributed by atoms with van der Waals surface area (Å²) >= 11 is 12.7. The molecule has 1 aliphatic heterocycles. The number of para-hydroxylation sites is 1. The largest absolute Gasteiger partial charge is 0.464 e. The zero-order valence-electron chi connectivity index (χ0n) is 17.2. The van der Waals surface area contributed by atoms with Crippen LogP contribution in [0.25, 0.3) is 11.0 Å². The molecule has 0 aliphatic carbocycles. The molecule has 0 fully saturated rings. The van der Waals surface area contributed by atoms with E-state index in [0.29, 0.717) is 16.6 Å². The first-order valence-electron chi connectivity index (χ1n) is 10.1. The van der Waals surface area contributed by atoms with Gasteiger partial charge in [0.2, 0.25) is 5.95 Å². The summed E-state index contributed by atoms with van der Waals surface area (Å²) in [6, 6.07) is 11.5. The highest BCUT2D eigenvalue weighted by atomic mass is 35.5. The van der Waals surface area contributed by atoms with Gasteiger partial charge >= 0.3 is 5.97 Å². The molecule has 0 radical (unpaired) electrons. The number of anilines is 3. The highest BCUT2D eigenvalue weighted by molar-refractivity contribution is 6.36. The Morgan fingerprint density at radius 2 is 2.00 bits per heavy atom. The van der Waals surface area contributed by atoms with Crippen LogP contribution in [-0.2, 0) is 16.1 Å². The molecule has 1 atom stereocenters. The van der Waals surface area contributed by atoms with Crippen molar-refractivity contribution in [2.75, 3.05) is 29.5 Å². The van der Waals surface area contributed by atoms with Crippen molar-refractivity contribution in [1.29, 1.82) is 0 Å². The van der Waals surface area contributed by atoms with E-state index in [0.717, 1.165) is 41.4 Å². The van der Waals surface area contributed by atoms with Gasteiger partial charge in [-0.15, -0.1) is 0 Å². The van der Waals surface area contributed by atoms with Gasteiger partial charge in [-0.3, -0.25) is 4.79 Å². The van der Waals surface area contributed by atoms with Crippen LogP contribution in [0.3, 0.4) is 0 Å². The molecule has 1 aliphatic rings. The maximum Gasteiger partial charge on any atom is 0.302 e. The van der Waals surface area contributed by atoms with Gasteiger partial charge in [0, 0.05) is 25.0 Å². The quantitative estimate of drug-likeness (QED) is 0.482. The summed E-state index contributed by atoms with van der Waals surface area (Å²) in [6.45, 7) is 8.39. The Labute approximate surface area is 185 Å². The third-order valence-electron chi connectivity index (χ3n) is 5.45. The topological polar surface area (TPSA) is 50.6 Å². The van der Waals surface area contributed by atoms with E-state index in [2.05, 4.69) is 29.4 Å². The normalized spacial score (nSPS) is 15.5. The summed E-state index contributed by atoms with van der Waals surface area (Å²) in [4.78, 5) is 20.8. The van der Waals surface area contributed by atoms with Crippen molar-refractivity contribution in [2.45, 2.75) is 33.4 Å². The minimum Gasteiger partial charge on any atom is -0.464 e. The molecule has 6 nitrogen and oxygen atoms in total. The summed E-state index contributed by atoms with van der Waals surface area (Å²) in [5.41, 5.74) is 3.94. The molecular weight excluding hydrogens is 423 g/mol. The van der Waals surface area contributed by atoms with Crippen molar-refractivity contribution in [1.82, 2.24) is 9.55 Å². The molecule has 8 heteroatoms. The van der Waals surface area contributed by atoms with Crippen LogP contribution in [0.4, 0.5) is 17.3 Å². The van der Waals surface area contributed by atoms with Crippen molar-refractivity contribution in [3.63, 3.8) is 0 Å². The number of aromatic nitrogens is 2. The lowest BCUT2D eigenvalue weighted by atomic mass is 10.2. The minimum atomic E-state index is -0.310. The van der Waals surface area contributed by atoms with Crippen LogP contribution in [0.2, 0.25) is 10.0 Å². The van der Waals surface area contributed by atoms with E-state index in [9.17, 15) is 4.79 Å². The molecule has 158 valence electrons. The number of rotatable bonds is 6. The van der Waals surface area contributed by atoms with E-state index in [-0.39, 0.29) is 18.6 Å². The molecule has 0 bridgehead atoms. The lowest BCUT2D eigenvalue weighted by molar-refractivity contribution is -0.141. The fourth-order valence-corrected chi connectivity index (χ4v) is 4.61. The SMILES string of the molecule is CCN(CC)c1cccc2nc3n(c12)CC(COC(C)=O)N3c1ccc(Cl)cc1Cl. The number of carbonyl (C=O) groups excluding carboxylic acids is 1. The third-order valence-corrected chi connectivity index (χ3v) is 5.99. The van der Waals surface area contributed by atoms with Crippen molar-refractivity contribution < 1.29 is 9.53 Å². The number of carbonyl (C=O) groups is 1. The highest BCUT2D eigenvalue weighted by Crippen LogP contribution is 2.42. The van der Waals surface area contributed by atoms with Crippen molar-refractivity contribution in [3.05, 3.63) is 46.4 Å². The average Bonchev–Trinajstić information content (AvgIpc) is 3.23. The highest BCUT2D eigenvalue weighted by Gasteiger charge is 2.36. The molecule has 0 spiro atoms. The second kappa shape index (κ2) is 8.36. The summed E-state index contributed by atoms with van der Waals surface area (Å²) in [5.74, 6) is 0.473. The number of halogens is 2. The number of nitrogens with zero attached hydrogens (tertiary/aromatic N) is 4. The lowest BCUT2D eigenvalue weighted by Crippen LogP contribution is -2.33. The predicted molar refractivity (Wildman–Crippen MR) is 122 cm³/mol. The Morgan fingerprint density at radius 1 is 1.23 bits per heavy atom. The monoisotopic (exact) mass is 446 g/mol. The van der Waals surface area contributed by atoms with Gasteiger partial charge in [0.25, 0.3) is 0 Å². The van der Waals surface area contributed by atoms with Crippen LogP contribution in [-0.4, -0.2) is 41.3 Å². The summed E-state index contributed by atoms with van der Waals surface area (Å²) in [6.07, 6.45) is 0.